The van der Waals surface area contributed by atoms with Crippen LogP contribution < -0.4 is 11.3 Å². The highest BCUT2D eigenvalue weighted by atomic mass is 79.9. The summed E-state index contributed by atoms with van der Waals surface area (Å²) in [7, 11) is 0. The van der Waals surface area contributed by atoms with Crippen molar-refractivity contribution in [1.29, 1.82) is 0 Å². The number of nitrogens with zero attached hydrogens (tertiary/aromatic N) is 4. The summed E-state index contributed by atoms with van der Waals surface area (Å²) in [6.07, 6.45) is 3.30. The maximum Gasteiger partial charge on any atom is 0.287 e. The average molecular weight is 343 g/mol. The Morgan fingerprint density at radius 1 is 1.53 bits per heavy atom. The number of aryl methyl sites for hydroxylation is 1. The summed E-state index contributed by atoms with van der Waals surface area (Å²) in [4.78, 5) is 15.4. The molecule has 1 amide bonds. The van der Waals surface area contributed by atoms with Crippen LogP contribution >= 0.6 is 27.7 Å². The van der Waals surface area contributed by atoms with Crippen LogP contribution in [0, 0.1) is 0 Å². The molecule has 2 aromatic rings. The SMILES string of the molecule is NNC(=O)c1cn(CCSc2ccc(Br)cn2)nn1. The molecule has 2 heterocycles. The van der Waals surface area contributed by atoms with Gasteiger partial charge in [-0.05, 0) is 28.1 Å². The number of carbonyl (C=O) groups excluding carboxylic acids is 1. The first-order valence-electron chi connectivity index (χ1n) is 5.34. The van der Waals surface area contributed by atoms with E-state index in [1.807, 2.05) is 17.6 Å². The van der Waals surface area contributed by atoms with Gasteiger partial charge in [0.05, 0.1) is 17.8 Å². The number of rotatable bonds is 5. The normalized spacial score (nSPS) is 10.4. The van der Waals surface area contributed by atoms with Crippen molar-refractivity contribution in [3.8, 4) is 0 Å². The number of hydrogen-bond acceptors (Lipinski definition) is 6. The summed E-state index contributed by atoms with van der Waals surface area (Å²) in [6.45, 7) is 0.632. The van der Waals surface area contributed by atoms with Crippen LogP contribution in [0.2, 0.25) is 0 Å². The van der Waals surface area contributed by atoms with Crippen LogP contribution in [-0.2, 0) is 6.54 Å². The molecule has 0 saturated heterocycles. The second-order valence-corrected chi connectivity index (χ2v) is 5.53. The van der Waals surface area contributed by atoms with Crippen LogP contribution in [0.1, 0.15) is 10.5 Å². The van der Waals surface area contributed by atoms with E-state index in [4.69, 9.17) is 5.84 Å². The summed E-state index contributed by atoms with van der Waals surface area (Å²) in [5, 5.41) is 8.49. The fraction of sp³-hybridized carbons (Fsp3) is 0.200. The molecule has 0 radical (unpaired) electrons. The lowest BCUT2D eigenvalue weighted by molar-refractivity contribution is 0.0948. The van der Waals surface area contributed by atoms with Crippen molar-refractivity contribution < 1.29 is 4.79 Å². The number of thioether (sulfide) groups is 1. The molecule has 19 heavy (non-hydrogen) atoms. The third-order valence-corrected chi connectivity index (χ3v) is 3.57. The van der Waals surface area contributed by atoms with Crippen molar-refractivity contribution in [3.63, 3.8) is 0 Å². The van der Waals surface area contributed by atoms with Crippen molar-refractivity contribution in [2.75, 3.05) is 5.75 Å². The molecule has 0 unspecified atom stereocenters. The first-order chi connectivity index (χ1) is 9.19. The molecular weight excluding hydrogens is 332 g/mol. The molecule has 100 valence electrons. The number of pyridine rings is 1. The van der Waals surface area contributed by atoms with Crippen molar-refractivity contribution in [2.45, 2.75) is 11.6 Å². The van der Waals surface area contributed by atoms with Crippen LogP contribution in [0.3, 0.4) is 0 Å². The second-order valence-electron chi connectivity index (χ2n) is 3.50. The Morgan fingerprint density at radius 3 is 3.05 bits per heavy atom. The fourth-order valence-corrected chi connectivity index (χ4v) is 2.29. The van der Waals surface area contributed by atoms with Gasteiger partial charge < -0.3 is 0 Å². The largest absolute Gasteiger partial charge is 0.289 e. The minimum atomic E-state index is -0.450. The van der Waals surface area contributed by atoms with E-state index < -0.39 is 5.91 Å². The zero-order valence-electron chi connectivity index (χ0n) is 9.78. The van der Waals surface area contributed by atoms with Gasteiger partial charge in [-0.2, -0.15) is 0 Å². The number of nitrogen functional groups attached to an aromatic ring is 1. The molecule has 0 saturated carbocycles. The number of hydrazine groups is 1. The lowest BCUT2D eigenvalue weighted by Crippen LogP contribution is -2.30. The molecule has 3 N–H and O–H groups in total. The first kappa shape index (κ1) is 14.0. The third-order valence-electron chi connectivity index (χ3n) is 2.17. The van der Waals surface area contributed by atoms with E-state index in [0.29, 0.717) is 6.54 Å². The van der Waals surface area contributed by atoms with Crippen molar-refractivity contribution >= 4 is 33.6 Å². The lowest BCUT2D eigenvalue weighted by atomic mass is 10.5. The van der Waals surface area contributed by atoms with E-state index in [2.05, 4.69) is 31.2 Å². The van der Waals surface area contributed by atoms with E-state index in [1.165, 1.54) is 0 Å². The molecule has 0 aromatic carbocycles. The van der Waals surface area contributed by atoms with Crippen molar-refractivity contribution in [2.24, 2.45) is 5.84 Å². The number of halogens is 1. The summed E-state index contributed by atoms with van der Waals surface area (Å²) in [5.41, 5.74) is 2.21. The highest BCUT2D eigenvalue weighted by Crippen LogP contribution is 2.17. The van der Waals surface area contributed by atoms with Gasteiger partial charge in [0.25, 0.3) is 5.91 Å². The summed E-state index contributed by atoms with van der Waals surface area (Å²) < 4.78 is 2.54. The van der Waals surface area contributed by atoms with Gasteiger partial charge in [-0.3, -0.25) is 14.9 Å². The van der Waals surface area contributed by atoms with Gasteiger partial charge in [-0.25, -0.2) is 10.8 Å². The lowest BCUT2D eigenvalue weighted by Gasteiger charge is -2.00. The molecule has 7 nitrogen and oxygen atoms in total. The Labute approximate surface area is 122 Å². The Balaban J connectivity index is 1.84. The quantitative estimate of drug-likeness (QED) is 0.361. The molecule has 0 bridgehead atoms. The topological polar surface area (TPSA) is 98.7 Å². The number of nitrogens with one attached hydrogen (secondary N) is 1. The molecule has 0 fully saturated rings. The summed E-state index contributed by atoms with van der Waals surface area (Å²) in [6, 6.07) is 3.87. The van der Waals surface area contributed by atoms with E-state index in [0.717, 1.165) is 15.3 Å². The average Bonchev–Trinajstić information content (AvgIpc) is 2.89. The number of hydrogen-bond donors (Lipinski definition) is 2. The highest BCUT2D eigenvalue weighted by Gasteiger charge is 2.08. The molecule has 0 aliphatic carbocycles. The third kappa shape index (κ3) is 4.01. The zero-order valence-corrected chi connectivity index (χ0v) is 12.2. The molecule has 2 rings (SSSR count). The van der Waals surface area contributed by atoms with Gasteiger partial charge in [-0.15, -0.1) is 16.9 Å². The molecular formula is C10H11BrN6OS. The smallest absolute Gasteiger partial charge is 0.287 e. The van der Waals surface area contributed by atoms with Crippen LogP contribution in [0.5, 0.6) is 0 Å². The molecule has 0 aliphatic heterocycles. The molecule has 0 atom stereocenters. The maximum absolute atomic E-state index is 11.2. The van der Waals surface area contributed by atoms with E-state index in [-0.39, 0.29) is 5.69 Å². The standard InChI is InChI=1S/C10H11BrN6OS/c11-7-1-2-9(13-5-7)19-4-3-17-6-8(15-16-17)10(18)14-12/h1-2,5-6H,3-4,12H2,(H,14,18). The Bertz CT molecular complexity index is 557. The van der Waals surface area contributed by atoms with Crippen LogP contribution in [0.4, 0.5) is 0 Å². The number of nitrogens with two attached hydrogens (primary N) is 1. The minimum Gasteiger partial charge on any atom is -0.289 e. The molecule has 2 aromatic heterocycles. The summed E-state index contributed by atoms with van der Waals surface area (Å²) in [5.74, 6) is 5.34. The van der Waals surface area contributed by atoms with Gasteiger partial charge in [0.2, 0.25) is 0 Å². The van der Waals surface area contributed by atoms with Gasteiger partial charge >= 0.3 is 0 Å². The Hall–Kier alpha value is -1.45. The minimum absolute atomic E-state index is 0.203. The predicted molar refractivity (Wildman–Crippen MR) is 74.3 cm³/mol. The van der Waals surface area contributed by atoms with Crippen LogP contribution in [-0.4, -0.2) is 31.6 Å². The van der Waals surface area contributed by atoms with Crippen LogP contribution in [0.15, 0.2) is 34.0 Å². The first-order valence-corrected chi connectivity index (χ1v) is 7.12. The molecule has 0 spiro atoms. The van der Waals surface area contributed by atoms with Gasteiger partial charge in [0, 0.05) is 16.4 Å². The number of carbonyl (C=O) groups is 1. The van der Waals surface area contributed by atoms with Gasteiger partial charge in [-0.1, -0.05) is 5.21 Å². The van der Waals surface area contributed by atoms with Crippen molar-refractivity contribution in [3.05, 3.63) is 34.7 Å². The fourth-order valence-electron chi connectivity index (χ4n) is 1.28. The number of aromatic nitrogens is 4. The van der Waals surface area contributed by atoms with E-state index >= 15 is 0 Å². The van der Waals surface area contributed by atoms with E-state index in [9.17, 15) is 4.79 Å². The van der Waals surface area contributed by atoms with Crippen LogP contribution in [0.25, 0.3) is 0 Å². The number of amides is 1. The van der Waals surface area contributed by atoms with Gasteiger partial charge in [0.15, 0.2) is 5.69 Å². The maximum atomic E-state index is 11.2. The molecule has 0 aliphatic rings. The molecule has 9 heteroatoms. The second kappa shape index (κ2) is 6.64. The van der Waals surface area contributed by atoms with E-state index in [1.54, 1.807) is 28.8 Å². The monoisotopic (exact) mass is 342 g/mol. The van der Waals surface area contributed by atoms with Crippen molar-refractivity contribution in [1.82, 2.24) is 25.4 Å². The summed E-state index contributed by atoms with van der Waals surface area (Å²) >= 11 is 4.93. The Morgan fingerprint density at radius 2 is 2.37 bits per heavy atom. The Kier molecular flexibility index (Phi) is 4.88. The zero-order chi connectivity index (χ0) is 13.7. The van der Waals surface area contributed by atoms with Gasteiger partial charge in [0.1, 0.15) is 0 Å². The highest BCUT2D eigenvalue weighted by molar-refractivity contribution is 9.10. The predicted octanol–water partition coefficient (Wildman–Crippen LogP) is 0.831.